The number of hydrogen-bond acceptors (Lipinski definition) is 5. The number of nitrogens with zero attached hydrogens (tertiary/aromatic N) is 4. The Bertz CT molecular complexity index is 973. The highest BCUT2D eigenvalue weighted by atomic mass is 35.5. The van der Waals surface area contributed by atoms with Crippen LogP contribution in [0.15, 0.2) is 18.2 Å². The average molecular weight is 359 g/mol. The van der Waals surface area contributed by atoms with E-state index >= 15 is 0 Å². The molecule has 0 saturated carbocycles. The Morgan fingerprint density at radius 2 is 1.92 bits per heavy atom. The summed E-state index contributed by atoms with van der Waals surface area (Å²) < 4.78 is 20.0. The zero-order valence-corrected chi connectivity index (χ0v) is 14.6. The summed E-state index contributed by atoms with van der Waals surface area (Å²) in [4.78, 5) is 18.3. The summed E-state index contributed by atoms with van der Waals surface area (Å²) in [5, 5.41) is 0.335. The van der Waals surface area contributed by atoms with E-state index in [2.05, 4.69) is 19.9 Å². The van der Waals surface area contributed by atoms with Crippen molar-refractivity contribution in [1.82, 2.24) is 19.9 Å². The molecule has 1 aliphatic heterocycles. The Morgan fingerprint density at radius 3 is 2.64 bits per heavy atom. The van der Waals surface area contributed by atoms with Crippen LogP contribution >= 0.6 is 11.6 Å². The minimum atomic E-state index is -0.443. The molecule has 128 valence electrons. The summed E-state index contributed by atoms with van der Waals surface area (Å²) in [5.41, 5.74) is 3.31. The zero-order valence-electron chi connectivity index (χ0n) is 13.9. The number of aryl methyl sites for hydroxylation is 2. The fourth-order valence-electron chi connectivity index (χ4n) is 2.92. The van der Waals surface area contributed by atoms with Crippen molar-refractivity contribution in [3.8, 4) is 11.3 Å². The van der Waals surface area contributed by atoms with Gasteiger partial charge in [0.2, 0.25) is 0 Å². The highest BCUT2D eigenvalue weighted by Crippen LogP contribution is 2.31. The largest absolute Gasteiger partial charge is 0.381 e. The predicted octanol–water partition coefficient (Wildman–Crippen LogP) is 4.00. The van der Waals surface area contributed by atoms with Crippen LogP contribution in [-0.2, 0) is 4.74 Å². The van der Waals surface area contributed by atoms with Crippen LogP contribution in [0.5, 0.6) is 0 Å². The number of ether oxygens (including phenoxy) is 1. The van der Waals surface area contributed by atoms with Crippen molar-refractivity contribution in [3.05, 3.63) is 46.3 Å². The number of aromatic nitrogens is 4. The number of fused-ring (bicyclic) bond motifs is 1. The minimum Gasteiger partial charge on any atom is -0.381 e. The van der Waals surface area contributed by atoms with Gasteiger partial charge in [-0.25, -0.2) is 24.3 Å². The van der Waals surface area contributed by atoms with E-state index in [1.165, 1.54) is 6.07 Å². The summed E-state index contributed by atoms with van der Waals surface area (Å²) in [7, 11) is 0. The molecular weight excluding hydrogens is 343 g/mol. The van der Waals surface area contributed by atoms with Gasteiger partial charge in [0.25, 0.3) is 0 Å². The van der Waals surface area contributed by atoms with Gasteiger partial charge in [-0.2, -0.15) is 0 Å². The van der Waals surface area contributed by atoms with Crippen LogP contribution in [0.4, 0.5) is 4.39 Å². The van der Waals surface area contributed by atoms with Gasteiger partial charge >= 0.3 is 0 Å². The molecule has 2 aromatic heterocycles. The lowest BCUT2D eigenvalue weighted by Crippen LogP contribution is -2.09. The molecule has 0 bridgehead atoms. The molecule has 4 rings (SSSR count). The first kappa shape index (κ1) is 16.3. The molecule has 0 radical (unpaired) electrons. The van der Waals surface area contributed by atoms with Crippen molar-refractivity contribution >= 4 is 22.8 Å². The van der Waals surface area contributed by atoms with Crippen LogP contribution in [-0.4, -0.2) is 33.1 Å². The molecule has 1 atom stereocenters. The van der Waals surface area contributed by atoms with Gasteiger partial charge in [-0.15, -0.1) is 0 Å². The molecular formula is C18H16ClFN4O. The van der Waals surface area contributed by atoms with Gasteiger partial charge < -0.3 is 4.74 Å². The van der Waals surface area contributed by atoms with Gasteiger partial charge in [-0.3, -0.25) is 0 Å². The summed E-state index contributed by atoms with van der Waals surface area (Å²) in [6.07, 6.45) is 0.840. The molecule has 0 aliphatic carbocycles. The Morgan fingerprint density at radius 1 is 1.12 bits per heavy atom. The molecule has 1 unspecified atom stereocenters. The number of halogens is 2. The van der Waals surface area contributed by atoms with E-state index in [0.717, 1.165) is 17.8 Å². The summed E-state index contributed by atoms with van der Waals surface area (Å²) in [5.74, 6) is 0.259. The van der Waals surface area contributed by atoms with Crippen LogP contribution in [0, 0.1) is 19.7 Å². The molecule has 25 heavy (non-hydrogen) atoms. The van der Waals surface area contributed by atoms with E-state index in [0.29, 0.717) is 46.5 Å². The van der Waals surface area contributed by atoms with Gasteiger partial charge in [0, 0.05) is 23.1 Å². The highest BCUT2D eigenvalue weighted by molar-refractivity contribution is 6.30. The van der Waals surface area contributed by atoms with Crippen molar-refractivity contribution < 1.29 is 9.13 Å². The van der Waals surface area contributed by atoms with Crippen molar-refractivity contribution in [2.75, 3.05) is 13.2 Å². The molecule has 7 heteroatoms. The van der Waals surface area contributed by atoms with E-state index in [4.69, 9.17) is 16.3 Å². The lowest BCUT2D eigenvalue weighted by Gasteiger charge is -2.12. The second-order valence-corrected chi connectivity index (χ2v) is 6.62. The minimum absolute atomic E-state index is 0.0851. The zero-order chi connectivity index (χ0) is 17.6. The van der Waals surface area contributed by atoms with Gasteiger partial charge in [0.15, 0.2) is 5.65 Å². The van der Waals surface area contributed by atoms with E-state index < -0.39 is 5.82 Å². The van der Waals surface area contributed by atoms with Crippen molar-refractivity contribution in [2.24, 2.45) is 0 Å². The standard InChI is InChI=1S/C18H16ClFN4O/c1-9-10(2)22-18-16(21-9)15(13-4-3-12(19)7-14(13)20)23-17(24-18)11-5-6-25-8-11/h3-4,7,11H,5-6,8H2,1-2H3. The maximum absolute atomic E-state index is 14.5. The van der Waals surface area contributed by atoms with Gasteiger partial charge in [0.1, 0.15) is 22.9 Å². The second kappa shape index (κ2) is 6.28. The lowest BCUT2D eigenvalue weighted by molar-refractivity contribution is 0.193. The number of rotatable bonds is 2. The summed E-state index contributed by atoms with van der Waals surface area (Å²) in [6.45, 7) is 4.98. The Labute approximate surface area is 149 Å². The molecule has 1 aromatic carbocycles. The quantitative estimate of drug-likeness (QED) is 0.693. The SMILES string of the molecule is Cc1nc2nc(C3CCOC3)nc(-c3ccc(Cl)cc3F)c2nc1C. The summed E-state index contributed by atoms with van der Waals surface area (Å²) in [6, 6.07) is 4.53. The normalized spacial score (nSPS) is 17.4. The molecule has 3 aromatic rings. The average Bonchev–Trinajstić information content (AvgIpc) is 3.10. The first-order valence-electron chi connectivity index (χ1n) is 8.09. The van der Waals surface area contributed by atoms with Crippen molar-refractivity contribution in [3.63, 3.8) is 0 Å². The van der Waals surface area contributed by atoms with Crippen LogP contribution in [0.1, 0.15) is 29.6 Å². The molecule has 0 amide bonds. The predicted molar refractivity (Wildman–Crippen MR) is 93.2 cm³/mol. The molecule has 5 nitrogen and oxygen atoms in total. The Hall–Kier alpha value is -2.18. The Kier molecular flexibility index (Phi) is 4.09. The first-order chi connectivity index (χ1) is 12.0. The third kappa shape index (κ3) is 2.96. The van der Waals surface area contributed by atoms with E-state index in [1.807, 2.05) is 13.8 Å². The number of hydrogen-bond donors (Lipinski definition) is 0. The van der Waals surface area contributed by atoms with E-state index in [1.54, 1.807) is 12.1 Å². The summed E-state index contributed by atoms with van der Waals surface area (Å²) >= 11 is 5.89. The van der Waals surface area contributed by atoms with Crippen LogP contribution in [0.25, 0.3) is 22.4 Å². The van der Waals surface area contributed by atoms with Crippen molar-refractivity contribution in [2.45, 2.75) is 26.2 Å². The number of benzene rings is 1. The van der Waals surface area contributed by atoms with Crippen LogP contribution in [0.2, 0.25) is 5.02 Å². The lowest BCUT2D eigenvalue weighted by atomic mass is 10.1. The third-order valence-electron chi connectivity index (χ3n) is 4.44. The monoisotopic (exact) mass is 358 g/mol. The van der Waals surface area contributed by atoms with Crippen molar-refractivity contribution in [1.29, 1.82) is 0 Å². The fourth-order valence-corrected chi connectivity index (χ4v) is 3.08. The van der Waals surface area contributed by atoms with Crippen LogP contribution in [0.3, 0.4) is 0 Å². The molecule has 3 heterocycles. The molecule has 1 aliphatic rings. The molecule has 0 spiro atoms. The maximum atomic E-state index is 14.5. The second-order valence-electron chi connectivity index (χ2n) is 6.18. The third-order valence-corrected chi connectivity index (χ3v) is 4.68. The maximum Gasteiger partial charge on any atom is 0.182 e. The van der Waals surface area contributed by atoms with E-state index in [-0.39, 0.29) is 5.92 Å². The first-order valence-corrected chi connectivity index (χ1v) is 8.47. The van der Waals surface area contributed by atoms with Crippen LogP contribution < -0.4 is 0 Å². The van der Waals surface area contributed by atoms with Gasteiger partial charge in [-0.1, -0.05) is 11.6 Å². The molecule has 1 saturated heterocycles. The van der Waals surface area contributed by atoms with Gasteiger partial charge in [0.05, 0.1) is 18.0 Å². The smallest absolute Gasteiger partial charge is 0.182 e. The Balaban J connectivity index is 2.00. The highest BCUT2D eigenvalue weighted by Gasteiger charge is 2.24. The van der Waals surface area contributed by atoms with Gasteiger partial charge in [-0.05, 0) is 38.5 Å². The molecule has 1 fully saturated rings. The molecule has 0 N–H and O–H groups in total. The fraction of sp³-hybridized carbons (Fsp3) is 0.333. The van der Waals surface area contributed by atoms with E-state index in [9.17, 15) is 4.39 Å². The topological polar surface area (TPSA) is 60.8 Å².